The average molecular weight is 337 g/mol. The number of rotatable bonds is 2. The van der Waals surface area contributed by atoms with E-state index in [0.717, 1.165) is 22.1 Å². The number of aliphatic hydroxyl groups is 1. The Bertz CT molecular complexity index is 930. The molecule has 1 aliphatic rings. The predicted octanol–water partition coefficient (Wildman–Crippen LogP) is 3.31. The highest BCUT2D eigenvalue weighted by Crippen LogP contribution is 2.34. The van der Waals surface area contributed by atoms with E-state index < -0.39 is 6.04 Å². The van der Waals surface area contributed by atoms with Crippen molar-refractivity contribution in [2.45, 2.75) is 13.0 Å². The molecule has 4 rings (SSSR count). The minimum Gasteiger partial charge on any atom is -0.491 e. The van der Waals surface area contributed by atoms with Gasteiger partial charge >= 0.3 is 0 Å². The Morgan fingerprint density at radius 1 is 1.24 bits per heavy atom. The van der Waals surface area contributed by atoms with Gasteiger partial charge in [0.2, 0.25) is 0 Å². The maximum Gasteiger partial charge on any atom is 0.258 e. The average Bonchev–Trinajstić information content (AvgIpc) is 2.97. The number of carbonyl (C=O) groups excluding carboxylic acids is 1. The predicted molar refractivity (Wildman–Crippen MR) is 93.8 cm³/mol. The molecule has 5 nitrogen and oxygen atoms in total. The number of furan rings is 1. The molecular weight excluding hydrogens is 318 g/mol. The van der Waals surface area contributed by atoms with Crippen molar-refractivity contribution in [2.24, 2.45) is 0 Å². The smallest absolute Gasteiger partial charge is 0.258 e. The lowest BCUT2D eigenvalue weighted by Crippen LogP contribution is -2.37. The largest absolute Gasteiger partial charge is 0.491 e. The summed E-state index contributed by atoms with van der Waals surface area (Å²) in [5.74, 6) is 0.549. The van der Waals surface area contributed by atoms with E-state index in [1.807, 2.05) is 49.4 Å². The van der Waals surface area contributed by atoms with Crippen LogP contribution in [-0.2, 0) is 0 Å². The molecule has 3 aromatic rings. The standard InChI is InChI=1S/C20H19NO4/c1-13-5-4-7-14-16(12-25-19(13)14)20(23)21-9-10-24-18-8-3-2-6-15(18)17(21)11-22/h2-8,12,17,22H,9-11H2,1H3. The quantitative estimate of drug-likeness (QED) is 0.779. The van der Waals surface area contributed by atoms with Crippen molar-refractivity contribution in [3.05, 3.63) is 65.4 Å². The van der Waals surface area contributed by atoms with E-state index in [-0.39, 0.29) is 12.5 Å². The second-order valence-corrected chi connectivity index (χ2v) is 6.18. The summed E-state index contributed by atoms with van der Waals surface area (Å²) in [4.78, 5) is 14.9. The molecule has 0 radical (unpaired) electrons. The Hall–Kier alpha value is -2.79. The van der Waals surface area contributed by atoms with Gasteiger partial charge in [-0.05, 0) is 18.6 Å². The van der Waals surface area contributed by atoms with Crippen LogP contribution < -0.4 is 4.74 Å². The zero-order chi connectivity index (χ0) is 17.4. The third kappa shape index (κ3) is 2.57. The molecule has 0 bridgehead atoms. The first-order valence-corrected chi connectivity index (χ1v) is 8.31. The van der Waals surface area contributed by atoms with Crippen LogP contribution in [0.15, 0.2) is 53.1 Å². The zero-order valence-corrected chi connectivity index (χ0v) is 13.9. The van der Waals surface area contributed by atoms with E-state index in [9.17, 15) is 9.90 Å². The highest BCUT2D eigenvalue weighted by Gasteiger charge is 2.31. The van der Waals surface area contributed by atoms with Crippen LogP contribution in [0.2, 0.25) is 0 Å². The molecule has 0 spiro atoms. The number of hydrogen-bond acceptors (Lipinski definition) is 4. The van der Waals surface area contributed by atoms with Gasteiger partial charge in [0, 0.05) is 10.9 Å². The van der Waals surface area contributed by atoms with Crippen LogP contribution >= 0.6 is 0 Å². The molecule has 5 heteroatoms. The van der Waals surface area contributed by atoms with E-state index >= 15 is 0 Å². The number of fused-ring (bicyclic) bond motifs is 2. The summed E-state index contributed by atoms with van der Waals surface area (Å²) in [5, 5.41) is 10.8. The number of aryl methyl sites for hydroxylation is 1. The number of nitrogens with zero attached hydrogens (tertiary/aromatic N) is 1. The topological polar surface area (TPSA) is 62.9 Å². The number of para-hydroxylation sites is 2. The number of ether oxygens (including phenoxy) is 1. The molecular formula is C20H19NO4. The maximum absolute atomic E-state index is 13.2. The summed E-state index contributed by atoms with van der Waals surface area (Å²) in [6.45, 7) is 2.57. The Morgan fingerprint density at radius 2 is 2.08 bits per heavy atom. The van der Waals surface area contributed by atoms with Crippen molar-refractivity contribution < 1.29 is 19.1 Å². The first kappa shape index (κ1) is 15.7. The molecule has 1 atom stereocenters. The van der Waals surface area contributed by atoms with Crippen LogP contribution in [0.1, 0.15) is 27.5 Å². The lowest BCUT2D eigenvalue weighted by atomic mass is 10.0. The fraction of sp³-hybridized carbons (Fsp3) is 0.250. The molecule has 128 valence electrons. The Kier molecular flexibility index (Phi) is 3.93. The lowest BCUT2D eigenvalue weighted by molar-refractivity contribution is 0.0586. The molecule has 0 aliphatic carbocycles. The van der Waals surface area contributed by atoms with Gasteiger partial charge in [-0.15, -0.1) is 0 Å². The normalized spacial score (nSPS) is 17.0. The summed E-state index contributed by atoms with van der Waals surface area (Å²) >= 11 is 0. The SMILES string of the molecule is Cc1cccc2c(C(=O)N3CCOc4ccccc4C3CO)coc12. The third-order valence-electron chi connectivity index (χ3n) is 4.70. The molecule has 2 heterocycles. The van der Waals surface area contributed by atoms with E-state index in [2.05, 4.69) is 0 Å². The second kappa shape index (κ2) is 6.26. The van der Waals surface area contributed by atoms with Gasteiger partial charge in [-0.1, -0.05) is 36.4 Å². The van der Waals surface area contributed by atoms with Crippen molar-refractivity contribution in [2.75, 3.05) is 19.8 Å². The monoisotopic (exact) mass is 337 g/mol. The van der Waals surface area contributed by atoms with E-state index in [1.165, 1.54) is 6.26 Å². The number of amides is 1. The highest BCUT2D eigenvalue weighted by atomic mass is 16.5. The molecule has 1 unspecified atom stereocenters. The minimum atomic E-state index is -0.444. The van der Waals surface area contributed by atoms with Crippen molar-refractivity contribution in [3.63, 3.8) is 0 Å². The fourth-order valence-corrected chi connectivity index (χ4v) is 3.43. The molecule has 1 N–H and O–H groups in total. The van der Waals surface area contributed by atoms with E-state index in [0.29, 0.717) is 24.5 Å². The van der Waals surface area contributed by atoms with Crippen molar-refractivity contribution in [3.8, 4) is 5.75 Å². The van der Waals surface area contributed by atoms with Crippen molar-refractivity contribution >= 4 is 16.9 Å². The Balaban J connectivity index is 1.77. The number of benzene rings is 2. The molecule has 1 aliphatic heterocycles. The molecule has 0 fully saturated rings. The minimum absolute atomic E-state index is 0.163. The van der Waals surface area contributed by atoms with Crippen LogP contribution in [0.25, 0.3) is 11.0 Å². The summed E-state index contributed by atoms with van der Waals surface area (Å²) in [6, 6.07) is 12.8. The van der Waals surface area contributed by atoms with Crippen LogP contribution in [0.5, 0.6) is 5.75 Å². The molecule has 0 saturated heterocycles. The van der Waals surface area contributed by atoms with Crippen molar-refractivity contribution in [1.29, 1.82) is 0 Å². The summed E-state index contributed by atoms with van der Waals surface area (Å²) in [7, 11) is 0. The molecule has 1 aromatic heterocycles. The first-order valence-electron chi connectivity index (χ1n) is 8.31. The van der Waals surface area contributed by atoms with Crippen molar-refractivity contribution in [1.82, 2.24) is 4.90 Å². The zero-order valence-electron chi connectivity index (χ0n) is 13.9. The summed E-state index contributed by atoms with van der Waals surface area (Å²) in [5.41, 5.74) is 3.04. The van der Waals surface area contributed by atoms with Crippen LogP contribution in [-0.4, -0.2) is 35.7 Å². The van der Waals surface area contributed by atoms with Crippen LogP contribution in [0.4, 0.5) is 0 Å². The Morgan fingerprint density at radius 3 is 2.92 bits per heavy atom. The van der Waals surface area contributed by atoms with Crippen LogP contribution in [0, 0.1) is 6.92 Å². The molecule has 1 amide bonds. The number of aliphatic hydroxyl groups excluding tert-OH is 1. The van der Waals surface area contributed by atoms with Gasteiger partial charge in [0.05, 0.1) is 24.8 Å². The van der Waals surface area contributed by atoms with Gasteiger partial charge in [-0.25, -0.2) is 0 Å². The lowest BCUT2D eigenvalue weighted by Gasteiger charge is -2.28. The second-order valence-electron chi connectivity index (χ2n) is 6.18. The third-order valence-corrected chi connectivity index (χ3v) is 4.70. The van der Waals surface area contributed by atoms with E-state index in [1.54, 1.807) is 4.90 Å². The van der Waals surface area contributed by atoms with Crippen LogP contribution in [0.3, 0.4) is 0 Å². The summed E-state index contributed by atoms with van der Waals surface area (Å²) < 4.78 is 11.4. The highest BCUT2D eigenvalue weighted by molar-refractivity contribution is 6.06. The first-order chi connectivity index (χ1) is 12.2. The maximum atomic E-state index is 13.2. The number of carbonyl (C=O) groups is 1. The summed E-state index contributed by atoms with van der Waals surface area (Å²) in [6.07, 6.45) is 1.51. The number of hydrogen-bond donors (Lipinski definition) is 1. The Labute approximate surface area is 145 Å². The fourth-order valence-electron chi connectivity index (χ4n) is 3.43. The molecule has 25 heavy (non-hydrogen) atoms. The van der Waals surface area contributed by atoms with Gasteiger partial charge in [-0.2, -0.15) is 0 Å². The van der Waals surface area contributed by atoms with Gasteiger partial charge in [0.1, 0.15) is 24.2 Å². The van der Waals surface area contributed by atoms with E-state index in [4.69, 9.17) is 9.15 Å². The van der Waals surface area contributed by atoms with Gasteiger partial charge < -0.3 is 19.2 Å². The van der Waals surface area contributed by atoms with Gasteiger partial charge in [0.25, 0.3) is 5.91 Å². The van der Waals surface area contributed by atoms with Gasteiger partial charge in [0.15, 0.2) is 0 Å². The molecule has 0 saturated carbocycles. The molecule has 2 aromatic carbocycles. The van der Waals surface area contributed by atoms with Gasteiger partial charge in [-0.3, -0.25) is 4.79 Å².